The number of amides is 3. The van der Waals surface area contributed by atoms with Crippen LogP contribution in [0, 0.1) is 5.41 Å². The van der Waals surface area contributed by atoms with E-state index in [0.717, 1.165) is 52.9 Å². The summed E-state index contributed by atoms with van der Waals surface area (Å²) in [5.74, 6) is 1.17. The van der Waals surface area contributed by atoms with Crippen LogP contribution >= 0.6 is 0 Å². The van der Waals surface area contributed by atoms with Crippen LogP contribution in [0.5, 0.6) is 0 Å². The lowest BCUT2D eigenvalue weighted by Gasteiger charge is -2.45. The molecule has 3 aromatic carbocycles. The van der Waals surface area contributed by atoms with Crippen molar-refractivity contribution >= 4 is 18.1 Å². The molecule has 4 heterocycles. The first-order chi connectivity index (χ1) is 25.5. The van der Waals surface area contributed by atoms with Crippen LogP contribution in [0.15, 0.2) is 91.3 Å². The van der Waals surface area contributed by atoms with E-state index in [4.69, 9.17) is 14.7 Å². The Hall–Kier alpha value is -5.91. The second-order valence-corrected chi connectivity index (χ2v) is 14.8. The number of ether oxygens (including phenoxy) is 1. The second-order valence-electron chi connectivity index (χ2n) is 14.8. The van der Waals surface area contributed by atoms with Gasteiger partial charge in [0.1, 0.15) is 23.2 Å². The first-order valence-corrected chi connectivity index (χ1v) is 18.0. The number of nitrogens with one attached hydrogen (secondary N) is 3. The summed E-state index contributed by atoms with van der Waals surface area (Å²) in [5, 5.41) is 12.7. The Balaban J connectivity index is 1.05. The fourth-order valence-corrected chi connectivity index (χ4v) is 8.06. The maximum Gasteiger partial charge on any atom is 0.408 e. The van der Waals surface area contributed by atoms with Crippen molar-refractivity contribution in [1.29, 1.82) is 0 Å². The van der Waals surface area contributed by atoms with Gasteiger partial charge in [-0.15, -0.1) is 0 Å². The maximum absolute atomic E-state index is 13.9. The molecular weight excluding hydrogens is 670 g/mol. The van der Waals surface area contributed by atoms with Crippen molar-refractivity contribution in [2.75, 3.05) is 20.2 Å². The third-order valence-electron chi connectivity index (χ3n) is 10.8. The number of aromatic amines is 2. The lowest BCUT2D eigenvalue weighted by atomic mass is 9.71. The molecule has 12 heteroatoms. The van der Waals surface area contributed by atoms with E-state index in [1.165, 1.54) is 7.11 Å². The number of benzene rings is 3. The van der Waals surface area contributed by atoms with E-state index < -0.39 is 23.8 Å². The minimum Gasteiger partial charge on any atom is -0.465 e. The Bertz CT molecular complexity index is 2090. The molecule has 7 rings (SSSR count). The standard InChI is InChI=1S/C41H45N7O5/c1-40(2,3)41(21-9-23-48(41)39(51)52)37-43-25-32(45-37)29-19-15-27(16-20-29)26-13-17-28(18-14-26)31-24-42-35(44-31)33-12-8-22-47(33)36(49)34(46-38(50)53-4)30-10-6-5-7-11-30/h5-7,10-11,13-20,24-25,33-34H,8-9,12,21-23H2,1-4H3,(H,42,44)(H,43,45)(H,46,50)(H,51,52)/t33-,34+,41+/m0/s1. The number of aromatic nitrogens is 4. The van der Waals surface area contributed by atoms with Crippen LogP contribution in [0.4, 0.5) is 9.59 Å². The molecule has 2 aliphatic rings. The number of H-pyrrole nitrogens is 2. The van der Waals surface area contributed by atoms with Crippen molar-refractivity contribution in [3.8, 4) is 33.6 Å². The number of nitrogens with zero attached hydrogens (tertiary/aromatic N) is 4. The Labute approximate surface area is 308 Å². The van der Waals surface area contributed by atoms with E-state index in [1.54, 1.807) is 22.2 Å². The average molecular weight is 716 g/mol. The number of rotatable bonds is 8. The molecule has 4 N–H and O–H groups in total. The second kappa shape index (κ2) is 14.3. The van der Waals surface area contributed by atoms with Crippen LogP contribution in [-0.2, 0) is 15.1 Å². The molecule has 2 saturated heterocycles. The molecule has 3 atom stereocenters. The number of carboxylic acid groups (broad SMARTS) is 1. The van der Waals surface area contributed by atoms with E-state index >= 15 is 0 Å². The van der Waals surface area contributed by atoms with E-state index in [1.807, 2.05) is 54.6 Å². The zero-order valence-corrected chi connectivity index (χ0v) is 30.4. The number of alkyl carbamates (subject to hydrolysis) is 1. The quantitative estimate of drug-likeness (QED) is 0.127. The fraction of sp³-hybridized carbons (Fsp3) is 0.341. The monoisotopic (exact) mass is 715 g/mol. The van der Waals surface area contributed by atoms with Gasteiger partial charge in [-0.05, 0) is 58.9 Å². The number of hydrogen-bond acceptors (Lipinski definition) is 6. The molecular formula is C41H45N7O5. The molecule has 0 unspecified atom stereocenters. The molecule has 3 amide bonds. The van der Waals surface area contributed by atoms with Gasteiger partial charge in [-0.3, -0.25) is 9.69 Å². The molecule has 2 fully saturated rings. The van der Waals surface area contributed by atoms with Gasteiger partial charge >= 0.3 is 12.2 Å². The Kier molecular flexibility index (Phi) is 9.54. The molecule has 0 saturated carbocycles. The van der Waals surface area contributed by atoms with Crippen molar-refractivity contribution in [2.24, 2.45) is 5.41 Å². The first-order valence-electron chi connectivity index (χ1n) is 18.0. The van der Waals surface area contributed by atoms with Gasteiger partial charge in [-0.1, -0.05) is 99.6 Å². The fourth-order valence-electron chi connectivity index (χ4n) is 8.06. The summed E-state index contributed by atoms with van der Waals surface area (Å²) in [6.45, 7) is 7.27. The highest BCUT2D eigenvalue weighted by Gasteiger charge is 2.55. The molecule has 0 radical (unpaired) electrons. The van der Waals surface area contributed by atoms with Crippen molar-refractivity contribution in [3.63, 3.8) is 0 Å². The Morgan fingerprint density at radius 3 is 2.06 bits per heavy atom. The normalized spacial score (nSPS) is 19.3. The van der Waals surface area contributed by atoms with E-state index in [0.29, 0.717) is 36.7 Å². The Morgan fingerprint density at radius 2 is 1.45 bits per heavy atom. The van der Waals surface area contributed by atoms with Crippen LogP contribution in [0.25, 0.3) is 33.6 Å². The maximum atomic E-state index is 13.9. The number of hydrogen-bond donors (Lipinski definition) is 4. The molecule has 0 bridgehead atoms. The van der Waals surface area contributed by atoms with Crippen LogP contribution in [0.2, 0.25) is 0 Å². The average Bonchev–Trinajstić information content (AvgIpc) is 4.00. The predicted octanol–water partition coefficient (Wildman–Crippen LogP) is 7.91. The van der Waals surface area contributed by atoms with Crippen LogP contribution in [0.1, 0.15) is 75.8 Å². The third-order valence-corrected chi connectivity index (χ3v) is 10.8. The lowest BCUT2D eigenvalue weighted by Crippen LogP contribution is -2.53. The van der Waals surface area contributed by atoms with E-state index in [-0.39, 0.29) is 17.4 Å². The molecule has 274 valence electrons. The van der Waals surface area contributed by atoms with Crippen molar-refractivity contribution in [2.45, 2.75) is 64.1 Å². The number of imidazole rings is 2. The summed E-state index contributed by atoms with van der Waals surface area (Å²) >= 11 is 0. The van der Waals surface area contributed by atoms with Crippen LogP contribution in [0.3, 0.4) is 0 Å². The van der Waals surface area contributed by atoms with Crippen LogP contribution < -0.4 is 5.32 Å². The molecule has 53 heavy (non-hydrogen) atoms. The molecule has 0 spiro atoms. The molecule has 5 aromatic rings. The van der Waals surface area contributed by atoms with Crippen molar-refractivity contribution in [1.82, 2.24) is 35.1 Å². The highest BCUT2D eigenvalue weighted by atomic mass is 16.5. The van der Waals surface area contributed by atoms with Crippen LogP contribution in [-0.4, -0.2) is 73.1 Å². The van der Waals surface area contributed by atoms with Gasteiger partial charge < -0.3 is 30.0 Å². The van der Waals surface area contributed by atoms with Gasteiger partial charge in [0.05, 0.1) is 36.9 Å². The van der Waals surface area contributed by atoms with Crippen molar-refractivity contribution in [3.05, 3.63) is 108 Å². The largest absolute Gasteiger partial charge is 0.465 e. The molecule has 12 nitrogen and oxygen atoms in total. The Morgan fingerprint density at radius 1 is 0.849 bits per heavy atom. The smallest absolute Gasteiger partial charge is 0.408 e. The summed E-state index contributed by atoms with van der Waals surface area (Å²) in [4.78, 5) is 57.9. The lowest BCUT2D eigenvalue weighted by molar-refractivity contribution is -0.134. The number of carbonyl (C=O) groups excluding carboxylic acids is 2. The van der Waals surface area contributed by atoms with E-state index in [2.05, 4.69) is 60.3 Å². The number of methoxy groups -OCH3 is 1. The third kappa shape index (κ3) is 6.65. The number of likely N-dealkylation sites (tertiary alicyclic amines) is 2. The SMILES string of the molecule is COC(=O)N[C@@H](C(=O)N1CCC[C@H]1c1ncc(-c2ccc(-c3ccc(-c4cnc([C@@]5(C(C)(C)C)CCCN5C(=O)O)[nH]4)cc3)cc2)[nH]1)c1ccccc1. The van der Waals surface area contributed by atoms with Gasteiger partial charge in [0.25, 0.3) is 5.91 Å². The molecule has 2 aliphatic heterocycles. The summed E-state index contributed by atoms with van der Waals surface area (Å²) < 4.78 is 4.82. The highest BCUT2D eigenvalue weighted by molar-refractivity contribution is 5.87. The van der Waals surface area contributed by atoms with Gasteiger partial charge in [-0.25, -0.2) is 19.6 Å². The van der Waals surface area contributed by atoms with Crippen molar-refractivity contribution < 1.29 is 24.2 Å². The highest BCUT2D eigenvalue weighted by Crippen LogP contribution is 2.50. The minimum atomic E-state index is -0.922. The van der Waals surface area contributed by atoms with Gasteiger partial charge in [0, 0.05) is 13.1 Å². The van der Waals surface area contributed by atoms with Gasteiger partial charge in [-0.2, -0.15) is 0 Å². The molecule has 2 aromatic heterocycles. The zero-order valence-electron chi connectivity index (χ0n) is 30.4. The summed E-state index contributed by atoms with van der Waals surface area (Å²) in [5.41, 5.74) is 5.34. The number of carbonyl (C=O) groups is 3. The summed E-state index contributed by atoms with van der Waals surface area (Å²) in [6.07, 6.45) is 5.09. The molecule has 0 aliphatic carbocycles. The topological polar surface area (TPSA) is 157 Å². The minimum absolute atomic E-state index is 0.210. The zero-order chi connectivity index (χ0) is 37.3. The van der Waals surface area contributed by atoms with E-state index in [9.17, 15) is 19.5 Å². The van der Waals surface area contributed by atoms with Gasteiger partial charge in [0.2, 0.25) is 0 Å². The summed E-state index contributed by atoms with van der Waals surface area (Å²) in [7, 11) is 1.28. The first kappa shape index (κ1) is 35.5. The summed E-state index contributed by atoms with van der Waals surface area (Å²) in [6, 6.07) is 24.5. The predicted molar refractivity (Wildman–Crippen MR) is 201 cm³/mol. The van der Waals surface area contributed by atoms with Gasteiger partial charge in [0.15, 0.2) is 0 Å².